The number of esters is 2. The Kier molecular flexibility index (Phi) is 8.94. The Labute approximate surface area is 207 Å². The number of hydrogen-bond acceptors (Lipinski definition) is 8. The van der Waals surface area contributed by atoms with Crippen molar-refractivity contribution in [3.8, 4) is 11.5 Å². The number of benzene rings is 3. The van der Waals surface area contributed by atoms with Crippen LogP contribution in [0.4, 0.5) is 0 Å². The fourth-order valence-corrected chi connectivity index (χ4v) is 2.96. The van der Waals surface area contributed by atoms with Gasteiger partial charge in [-0.25, -0.2) is 15.0 Å². The summed E-state index contributed by atoms with van der Waals surface area (Å²) in [4.78, 5) is 37.0. The maximum absolute atomic E-state index is 12.4. The molecule has 0 aromatic heterocycles. The highest BCUT2D eigenvalue weighted by Crippen LogP contribution is 2.18. The molecule has 0 aliphatic rings. The van der Waals surface area contributed by atoms with Crippen LogP contribution in [0.1, 0.15) is 33.2 Å². The summed E-state index contributed by atoms with van der Waals surface area (Å²) in [6.07, 6.45) is 1.02. The molecule has 36 heavy (non-hydrogen) atoms. The fraction of sp³-hybridized carbons (Fsp3) is 0.111. The number of aliphatic hydroxyl groups is 1. The number of rotatable bonds is 9. The van der Waals surface area contributed by atoms with Crippen LogP contribution in [0.2, 0.25) is 0 Å². The number of amides is 1. The Balaban J connectivity index is 1.66. The Hall–Kier alpha value is -4.92. The minimum absolute atomic E-state index is 0.0972. The van der Waals surface area contributed by atoms with Crippen LogP contribution in [0, 0.1) is 0 Å². The van der Waals surface area contributed by atoms with Gasteiger partial charge in [-0.1, -0.05) is 30.3 Å². The number of nitrogens with zero attached hydrogens (tertiary/aromatic N) is 1. The number of carbonyl (C=O) groups excluding carboxylic acids is 3. The summed E-state index contributed by atoms with van der Waals surface area (Å²) in [5.41, 5.74) is 3.03. The summed E-state index contributed by atoms with van der Waals surface area (Å²) in [5, 5.41) is 14.3. The molecule has 9 nitrogen and oxygen atoms in total. The van der Waals surface area contributed by atoms with E-state index in [0.29, 0.717) is 16.9 Å². The lowest BCUT2D eigenvalue weighted by atomic mass is 10.1. The van der Waals surface area contributed by atoms with Gasteiger partial charge in [0.25, 0.3) is 5.91 Å². The number of hydrogen-bond donors (Lipinski definition) is 2. The van der Waals surface area contributed by atoms with Crippen LogP contribution < -0.4 is 14.9 Å². The van der Waals surface area contributed by atoms with Crippen molar-refractivity contribution in [2.75, 3.05) is 13.7 Å². The monoisotopic (exact) mass is 488 g/mol. The van der Waals surface area contributed by atoms with E-state index in [-0.39, 0.29) is 29.3 Å². The minimum atomic E-state index is -0.792. The van der Waals surface area contributed by atoms with Crippen molar-refractivity contribution in [2.45, 2.75) is 6.92 Å². The van der Waals surface area contributed by atoms with Crippen molar-refractivity contribution in [3.05, 3.63) is 101 Å². The van der Waals surface area contributed by atoms with E-state index >= 15 is 0 Å². The van der Waals surface area contributed by atoms with Crippen LogP contribution in [0.15, 0.2) is 89.5 Å². The third-order valence-electron chi connectivity index (χ3n) is 4.81. The second-order valence-electron chi connectivity index (χ2n) is 7.19. The number of carbonyl (C=O) groups is 3. The van der Waals surface area contributed by atoms with Crippen molar-refractivity contribution < 1.29 is 33.7 Å². The molecule has 3 rings (SSSR count). The van der Waals surface area contributed by atoms with Gasteiger partial charge in [-0.05, 0) is 55.5 Å². The zero-order chi connectivity index (χ0) is 25.9. The molecule has 0 saturated carbocycles. The number of nitrogens with one attached hydrogen (secondary N) is 1. The smallest absolute Gasteiger partial charge is 0.343 e. The molecule has 0 atom stereocenters. The van der Waals surface area contributed by atoms with E-state index in [1.54, 1.807) is 61.5 Å². The van der Waals surface area contributed by atoms with Gasteiger partial charge < -0.3 is 19.3 Å². The average molecular weight is 488 g/mol. The van der Waals surface area contributed by atoms with Gasteiger partial charge in [0.1, 0.15) is 22.8 Å². The number of methoxy groups -OCH3 is 1. The van der Waals surface area contributed by atoms with Crippen molar-refractivity contribution in [1.82, 2.24) is 5.43 Å². The fourth-order valence-electron chi connectivity index (χ4n) is 2.96. The topological polar surface area (TPSA) is 124 Å². The molecule has 184 valence electrons. The SMILES string of the molecule is CCOC(=O)C(C=NNC(=O)c1ccc(OC(=O)c2ccc(OC)cc2)cc1)=C(O)c1ccccc1. The quantitative estimate of drug-likeness (QED) is 0.116. The Morgan fingerprint density at radius 1 is 0.861 bits per heavy atom. The second kappa shape index (κ2) is 12.5. The second-order valence-corrected chi connectivity index (χ2v) is 7.19. The van der Waals surface area contributed by atoms with Gasteiger partial charge in [0.05, 0.1) is 25.5 Å². The first-order chi connectivity index (χ1) is 17.4. The van der Waals surface area contributed by atoms with E-state index in [2.05, 4.69) is 10.5 Å². The van der Waals surface area contributed by atoms with E-state index in [1.165, 1.54) is 31.4 Å². The number of hydrazone groups is 1. The lowest BCUT2D eigenvalue weighted by Gasteiger charge is -2.07. The van der Waals surface area contributed by atoms with Crippen molar-refractivity contribution in [3.63, 3.8) is 0 Å². The highest BCUT2D eigenvalue weighted by Gasteiger charge is 2.16. The standard InChI is InChI=1S/C27H24N2O7/c1-3-35-27(33)23(24(30)18-7-5-4-6-8-18)17-28-29-25(31)19-9-15-22(16-10-19)36-26(32)20-11-13-21(34-2)14-12-20/h4-17,30H,3H2,1-2H3,(H,29,31). The van der Waals surface area contributed by atoms with Crippen molar-refractivity contribution in [1.29, 1.82) is 0 Å². The van der Waals surface area contributed by atoms with Gasteiger partial charge in [0, 0.05) is 11.1 Å². The highest BCUT2D eigenvalue weighted by molar-refractivity contribution is 6.15. The molecule has 3 aromatic rings. The van der Waals surface area contributed by atoms with E-state index in [1.807, 2.05) is 0 Å². The van der Waals surface area contributed by atoms with E-state index in [0.717, 1.165) is 6.21 Å². The molecular weight excluding hydrogens is 464 g/mol. The first kappa shape index (κ1) is 25.7. The largest absolute Gasteiger partial charge is 0.506 e. The van der Waals surface area contributed by atoms with Crippen LogP contribution in [0.5, 0.6) is 11.5 Å². The van der Waals surface area contributed by atoms with Crippen molar-refractivity contribution in [2.24, 2.45) is 5.10 Å². The van der Waals surface area contributed by atoms with Crippen LogP contribution in [0.3, 0.4) is 0 Å². The van der Waals surface area contributed by atoms with Gasteiger partial charge in [-0.2, -0.15) is 5.10 Å². The summed E-state index contributed by atoms with van der Waals surface area (Å²) in [5.74, 6) is -1.41. The third kappa shape index (κ3) is 6.80. The number of ether oxygens (including phenoxy) is 3. The summed E-state index contributed by atoms with van der Waals surface area (Å²) < 4.78 is 15.3. The zero-order valence-electron chi connectivity index (χ0n) is 19.6. The van der Waals surface area contributed by atoms with Crippen LogP contribution in [0.25, 0.3) is 5.76 Å². The Morgan fingerprint density at radius 3 is 2.08 bits per heavy atom. The normalized spacial score (nSPS) is 11.4. The first-order valence-electron chi connectivity index (χ1n) is 10.9. The molecular formula is C27H24N2O7. The van der Waals surface area contributed by atoms with Crippen LogP contribution in [-0.2, 0) is 9.53 Å². The van der Waals surface area contributed by atoms with E-state index in [9.17, 15) is 19.5 Å². The molecule has 1 amide bonds. The van der Waals surface area contributed by atoms with Crippen LogP contribution >= 0.6 is 0 Å². The zero-order valence-corrected chi connectivity index (χ0v) is 19.6. The molecule has 0 aliphatic heterocycles. The molecule has 0 spiro atoms. The minimum Gasteiger partial charge on any atom is -0.506 e. The van der Waals surface area contributed by atoms with Crippen LogP contribution in [-0.4, -0.2) is 42.9 Å². The molecule has 2 N–H and O–H groups in total. The lowest BCUT2D eigenvalue weighted by molar-refractivity contribution is -0.137. The predicted octanol–water partition coefficient (Wildman–Crippen LogP) is 4.16. The average Bonchev–Trinajstić information content (AvgIpc) is 2.91. The van der Waals surface area contributed by atoms with Gasteiger partial charge in [-0.15, -0.1) is 0 Å². The van der Waals surface area contributed by atoms with Gasteiger partial charge in [-0.3, -0.25) is 4.79 Å². The molecule has 0 bridgehead atoms. The maximum Gasteiger partial charge on any atom is 0.343 e. The summed E-state index contributed by atoms with van der Waals surface area (Å²) in [6, 6.07) is 20.7. The summed E-state index contributed by atoms with van der Waals surface area (Å²) in [6.45, 7) is 1.73. The highest BCUT2D eigenvalue weighted by atomic mass is 16.5. The predicted molar refractivity (Wildman–Crippen MR) is 133 cm³/mol. The molecule has 0 radical (unpaired) electrons. The Bertz CT molecular complexity index is 1270. The van der Waals surface area contributed by atoms with Gasteiger partial charge >= 0.3 is 11.9 Å². The van der Waals surface area contributed by atoms with Gasteiger partial charge in [0.15, 0.2) is 0 Å². The molecule has 0 unspecified atom stereocenters. The first-order valence-corrected chi connectivity index (χ1v) is 10.9. The van der Waals surface area contributed by atoms with Crippen molar-refractivity contribution >= 4 is 29.8 Å². The van der Waals surface area contributed by atoms with E-state index in [4.69, 9.17) is 14.2 Å². The maximum atomic E-state index is 12.4. The molecule has 0 fully saturated rings. The van der Waals surface area contributed by atoms with E-state index < -0.39 is 17.8 Å². The molecule has 0 aliphatic carbocycles. The van der Waals surface area contributed by atoms with Gasteiger partial charge in [0.2, 0.25) is 0 Å². The summed E-state index contributed by atoms with van der Waals surface area (Å²) >= 11 is 0. The lowest BCUT2D eigenvalue weighted by Crippen LogP contribution is -2.19. The molecule has 9 heteroatoms. The molecule has 3 aromatic carbocycles. The molecule has 0 saturated heterocycles. The Morgan fingerprint density at radius 2 is 1.47 bits per heavy atom. The summed E-state index contributed by atoms with van der Waals surface area (Å²) in [7, 11) is 1.53. The third-order valence-corrected chi connectivity index (χ3v) is 4.81. The molecule has 0 heterocycles. The number of aliphatic hydroxyl groups excluding tert-OH is 1.